The zero-order valence-electron chi connectivity index (χ0n) is 19.0. The van der Waals surface area contributed by atoms with Gasteiger partial charge in [0, 0.05) is 62.7 Å². The molecule has 2 atom stereocenters. The number of benzene rings is 1. The lowest BCUT2D eigenvalue weighted by atomic mass is 9.85. The van der Waals surface area contributed by atoms with Gasteiger partial charge in [0.25, 0.3) is 0 Å². The van der Waals surface area contributed by atoms with Gasteiger partial charge in [0.2, 0.25) is 5.91 Å². The summed E-state index contributed by atoms with van der Waals surface area (Å²) in [7, 11) is 1.83. The van der Waals surface area contributed by atoms with Crippen molar-refractivity contribution in [3.63, 3.8) is 0 Å². The first-order valence-corrected chi connectivity index (χ1v) is 12.9. The summed E-state index contributed by atoms with van der Waals surface area (Å²) in [5.41, 5.74) is 1.25. The Bertz CT molecular complexity index is 737. The predicted molar refractivity (Wildman–Crippen MR) is 143 cm³/mol. The Balaban J connectivity index is 0.00000289. The van der Waals surface area contributed by atoms with Crippen LogP contribution in [-0.2, 0) is 9.53 Å². The van der Waals surface area contributed by atoms with E-state index in [1.807, 2.05) is 24.9 Å². The first-order chi connectivity index (χ1) is 15.2. The minimum absolute atomic E-state index is 0. The summed E-state index contributed by atoms with van der Waals surface area (Å²) in [6.45, 7) is 3.51. The number of thioether (sulfide) groups is 1. The summed E-state index contributed by atoms with van der Waals surface area (Å²) in [6, 6.07) is 10.9. The average Bonchev–Trinajstić information content (AvgIpc) is 3.31. The summed E-state index contributed by atoms with van der Waals surface area (Å²) < 4.78 is 6.01. The monoisotopic (exact) mass is 572 g/mol. The summed E-state index contributed by atoms with van der Waals surface area (Å²) >= 11 is 1.95. The van der Waals surface area contributed by atoms with Crippen molar-refractivity contribution in [1.29, 1.82) is 0 Å². The third-order valence-electron chi connectivity index (χ3n) is 6.84. The summed E-state index contributed by atoms with van der Waals surface area (Å²) in [5.74, 6) is 4.07. The molecule has 2 heterocycles. The van der Waals surface area contributed by atoms with Crippen molar-refractivity contribution in [1.82, 2.24) is 15.5 Å². The van der Waals surface area contributed by atoms with Crippen molar-refractivity contribution in [3.8, 4) is 0 Å². The normalized spacial score (nSPS) is 28.7. The van der Waals surface area contributed by atoms with E-state index >= 15 is 0 Å². The zero-order chi connectivity index (χ0) is 21.5. The molecule has 0 aromatic heterocycles. The number of aliphatic imine (C=N–C) groups is 1. The van der Waals surface area contributed by atoms with Crippen LogP contribution in [0.15, 0.2) is 35.3 Å². The van der Waals surface area contributed by atoms with Gasteiger partial charge in [0.1, 0.15) is 0 Å². The molecule has 0 bridgehead atoms. The summed E-state index contributed by atoms with van der Waals surface area (Å²) in [6.07, 6.45) is 5.22. The van der Waals surface area contributed by atoms with Crippen LogP contribution in [0.2, 0.25) is 0 Å². The van der Waals surface area contributed by atoms with Gasteiger partial charge in [-0.05, 0) is 37.7 Å². The first kappa shape index (κ1) is 25.6. The van der Waals surface area contributed by atoms with Gasteiger partial charge >= 0.3 is 0 Å². The SMILES string of the molecule is CN=C(NCC1CCOC1c1ccccc1)NC1CCC(C(=O)N2CCSCC2)CC1.I. The highest BCUT2D eigenvalue weighted by atomic mass is 127. The number of carbonyl (C=O) groups is 1. The maximum Gasteiger partial charge on any atom is 0.225 e. The van der Waals surface area contributed by atoms with Gasteiger partial charge in [-0.2, -0.15) is 11.8 Å². The smallest absolute Gasteiger partial charge is 0.225 e. The van der Waals surface area contributed by atoms with Gasteiger partial charge in [-0.25, -0.2) is 0 Å². The number of halogens is 1. The van der Waals surface area contributed by atoms with Gasteiger partial charge in [0.15, 0.2) is 5.96 Å². The number of nitrogens with one attached hydrogen (secondary N) is 2. The number of hydrogen-bond acceptors (Lipinski definition) is 4. The summed E-state index contributed by atoms with van der Waals surface area (Å²) in [4.78, 5) is 19.3. The molecule has 3 aliphatic rings. The highest BCUT2D eigenvalue weighted by Gasteiger charge is 2.32. The fourth-order valence-electron chi connectivity index (χ4n) is 5.00. The van der Waals surface area contributed by atoms with Crippen LogP contribution in [-0.4, -0.2) is 67.6 Å². The van der Waals surface area contributed by atoms with Crippen molar-refractivity contribution in [2.45, 2.75) is 44.2 Å². The van der Waals surface area contributed by atoms with Crippen LogP contribution in [0.5, 0.6) is 0 Å². The molecule has 6 nitrogen and oxygen atoms in total. The molecular formula is C24H37IN4O2S. The van der Waals surface area contributed by atoms with Gasteiger partial charge < -0.3 is 20.3 Å². The average molecular weight is 573 g/mol. The minimum Gasteiger partial charge on any atom is -0.373 e. The van der Waals surface area contributed by atoms with Crippen molar-refractivity contribution in [2.75, 3.05) is 44.8 Å². The lowest BCUT2D eigenvalue weighted by Gasteiger charge is -2.34. The number of nitrogens with zero attached hydrogens (tertiary/aromatic N) is 2. The summed E-state index contributed by atoms with van der Waals surface area (Å²) in [5, 5.41) is 7.12. The van der Waals surface area contributed by atoms with E-state index in [2.05, 4.69) is 44.8 Å². The Hall–Kier alpha value is -1.00. The highest BCUT2D eigenvalue weighted by molar-refractivity contribution is 14.0. The second kappa shape index (κ2) is 13.0. The number of carbonyl (C=O) groups excluding carboxylic acids is 1. The van der Waals surface area contributed by atoms with Gasteiger partial charge in [-0.3, -0.25) is 9.79 Å². The third kappa shape index (κ3) is 6.76. The molecule has 0 spiro atoms. The number of rotatable bonds is 5. The number of guanidine groups is 1. The molecule has 2 N–H and O–H groups in total. The molecule has 2 saturated heterocycles. The van der Waals surface area contributed by atoms with E-state index in [-0.39, 0.29) is 36.0 Å². The van der Waals surface area contributed by atoms with E-state index < -0.39 is 0 Å². The molecule has 32 heavy (non-hydrogen) atoms. The molecular weight excluding hydrogens is 535 g/mol. The van der Waals surface area contributed by atoms with E-state index in [4.69, 9.17) is 4.74 Å². The van der Waals surface area contributed by atoms with Crippen molar-refractivity contribution < 1.29 is 9.53 Å². The van der Waals surface area contributed by atoms with Crippen LogP contribution < -0.4 is 10.6 Å². The number of amides is 1. The lowest BCUT2D eigenvalue weighted by molar-refractivity contribution is -0.136. The molecule has 1 saturated carbocycles. The van der Waals surface area contributed by atoms with Gasteiger partial charge in [-0.1, -0.05) is 30.3 Å². The van der Waals surface area contributed by atoms with Crippen molar-refractivity contribution >= 4 is 47.6 Å². The molecule has 8 heteroatoms. The standard InChI is InChI=1S/C24H36N4O2S.HI/c1-25-24(26-17-20-11-14-30-22(20)18-5-3-2-4-6-18)27-21-9-7-19(8-10-21)23(29)28-12-15-31-16-13-28;/h2-6,19-22H,7-17H2,1H3,(H2,25,26,27);1H. The predicted octanol–water partition coefficient (Wildman–Crippen LogP) is 3.68. The van der Waals surface area contributed by atoms with Crippen molar-refractivity contribution in [3.05, 3.63) is 35.9 Å². The Morgan fingerprint density at radius 3 is 2.53 bits per heavy atom. The second-order valence-electron chi connectivity index (χ2n) is 8.83. The molecule has 1 aromatic rings. The minimum atomic E-state index is 0. The molecule has 1 aliphatic carbocycles. The van der Waals surface area contributed by atoms with E-state index in [0.717, 1.165) is 75.8 Å². The van der Waals surface area contributed by atoms with E-state index in [1.54, 1.807) is 0 Å². The lowest BCUT2D eigenvalue weighted by Crippen LogP contribution is -2.48. The zero-order valence-corrected chi connectivity index (χ0v) is 22.1. The molecule has 3 fully saturated rings. The maximum absolute atomic E-state index is 12.8. The quantitative estimate of drug-likeness (QED) is 0.320. The fraction of sp³-hybridized carbons (Fsp3) is 0.667. The Morgan fingerprint density at radius 1 is 1.12 bits per heavy atom. The highest BCUT2D eigenvalue weighted by Crippen LogP contribution is 2.34. The van der Waals surface area contributed by atoms with Crippen LogP contribution in [0.25, 0.3) is 0 Å². The third-order valence-corrected chi connectivity index (χ3v) is 7.78. The van der Waals surface area contributed by atoms with Crippen LogP contribution in [0.1, 0.15) is 43.8 Å². The van der Waals surface area contributed by atoms with E-state index in [0.29, 0.717) is 17.9 Å². The molecule has 0 radical (unpaired) electrons. The molecule has 2 unspecified atom stereocenters. The fourth-order valence-corrected chi connectivity index (χ4v) is 5.90. The molecule has 4 rings (SSSR count). The molecule has 1 amide bonds. The Morgan fingerprint density at radius 2 is 1.84 bits per heavy atom. The van der Waals surface area contributed by atoms with Gasteiger partial charge in [0.05, 0.1) is 6.10 Å². The van der Waals surface area contributed by atoms with E-state index in [9.17, 15) is 4.79 Å². The number of ether oxygens (including phenoxy) is 1. The molecule has 2 aliphatic heterocycles. The second-order valence-corrected chi connectivity index (χ2v) is 10.1. The molecule has 1 aromatic carbocycles. The van der Waals surface area contributed by atoms with Crippen LogP contribution in [0.3, 0.4) is 0 Å². The topological polar surface area (TPSA) is 66.0 Å². The first-order valence-electron chi connectivity index (χ1n) is 11.7. The van der Waals surface area contributed by atoms with Gasteiger partial charge in [-0.15, -0.1) is 24.0 Å². The largest absolute Gasteiger partial charge is 0.373 e. The van der Waals surface area contributed by atoms with Crippen LogP contribution in [0, 0.1) is 11.8 Å². The maximum atomic E-state index is 12.8. The van der Waals surface area contributed by atoms with Crippen molar-refractivity contribution in [2.24, 2.45) is 16.8 Å². The Labute approximate surface area is 213 Å². The number of hydrogen-bond donors (Lipinski definition) is 2. The Kier molecular flexibility index (Phi) is 10.4. The van der Waals surface area contributed by atoms with Crippen LogP contribution in [0.4, 0.5) is 0 Å². The van der Waals surface area contributed by atoms with Crippen LogP contribution >= 0.6 is 35.7 Å². The van der Waals surface area contributed by atoms with E-state index in [1.165, 1.54) is 5.56 Å². The molecule has 178 valence electrons.